The SMILES string of the molecule is CN(CC#N)S(=O)(=O)c1cc([N+](=O)[O-])ccc1F. The van der Waals surface area contributed by atoms with Gasteiger partial charge < -0.3 is 0 Å². The van der Waals surface area contributed by atoms with E-state index in [1.54, 1.807) is 6.07 Å². The number of benzene rings is 1. The minimum Gasteiger partial charge on any atom is -0.258 e. The number of hydrogen-bond acceptors (Lipinski definition) is 5. The molecule has 0 atom stereocenters. The summed E-state index contributed by atoms with van der Waals surface area (Å²) in [6.45, 7) is -0.482. The van der Waals surface area contributed by atoms with E-state index < -0.39 is 37.9 Å². The fraction of sp³-hybridized carbons (Fsp3) is 0.222. The molecule has 1 aromatic rings. The molecule has 9 heteroatoms. The Bertz CT molecular complexity index is 623. The van der Waals surface area contributed by atoms with Crippen LogP contribution in [0.4, 0.5) is 10.1 Å². The van der Waals surface area contributed by atoms with E-state index in [1.807, 2.05) is 0 Å². The lowest BCUT2D eigenvalue weighted by atomic mass is 10.3. The predicted molar refractivity (Wildman–Crippen MR) is 58.5 cm³/mol. The monoisotopic (exact) mass is 273 g/mol. The second-order valence-corrected chi connectivity index (χ2v) is 5.30. The first-order valence-electron chi connectivity index (χ1n) is 4.58. The molecule has 0 spiro atoms. The molecule has 0 N–H and O–H groups in total. The van der Waals surface area contributed by atoms with Crippen LogP contribution < -0.4 is 0 Å². The molecule has 0 heterocycles. The first-order valence-corrected chi connectivity index (χ1v) is 6.02. The second kappa shape index (κ2) is 5.07. The number of nitriles is 1. The van der Waals surface area contributed by atoms with Crippen molar-refractivity contribution in [3.05, 3.63) is 34.1 Å². The van der Waals surface area contributed by atoms with Gasteiger partial charge in [0.1, 0.15) is 17.3 Å². The predicted octanol–water partition coefficient (Wildman–Crippen LogP) is 0.878. The van der Waals surface area contributed by atoms with Crippen molar-refractivity contribution in [2.24, 2.45) is 0 Å². The highest BCUT2D eigenvalue weighted by atomic mass is 32.2. The first kappa shape index (κ1) is 14.0. The van der Waals surface area contributed by atoms with Gasteiger partial charge in [0.05, 0.1) is 11.0 Å². The van der Waals surface area contributed by atoms with Gasteiger partial charge in [-0.05, 0) is 6.07 Å². The summed E-state index contributed by atoms with van der Waals surface area (Å²) < 4.78 is 37.7. The summed E-state index contributed by atoms with van der Waals surface area (Å²) in [6, 6.07) is 3.77. The molecule has 0 aromatic heterocycles. The van der Waals surface area contributed by atoms with Crippen LogP contribution in [0.1, 0.15) is 0 Å². The summed E-state index contributed by atoms with van der Waals surface area (Å²) in [5.74, 6) is -1.11. The van der Waals surface area contributed by atoms with Crippen molar-refractivity contribution < 1.29 is 17.7 Å². The van der Waals surface area contributed by atoms with E-state index in [0.29, 0.717) is 16.4 Å². The Balaban J connectivity index is 3.37. The second-order valence-electron chi connectivity index (χ2n) is 3.29. The maximum Gasteiger partial charge on any atom is 0.270 e. The number of hydrogen-bond donors (Lipinski definition) is 0. The van der Waals surface area contributed by atoms with Crippen LogP contribution >= 0.6 is 0 Å². The van der Waals surface area contributed by atoms with Gasteiger partial charge >= 0.3 is 0 Å². The van der Waals surface area contributed by atoms with Crippen molar-refractivity contribution in [1.82, 2.24) is 4.31 Å². The molecule has 7 nitrogen and oxygen atoms in total. The average molecular weight is 273 g/mol. The quantitative estimate of drug-likeness (QED) is 0.460. The van der Waals surface area contributed by atoms with Crippen LogP contribution in [-0.4, -0.2) is 31.2 Å². The maximum atomic E-state index is 13.4. The Hall–Kier alpha value is -2.05. The van der Waals surface area contributed by atoms with Crippen LogP contribution in [0.3, 0.4) is 0 Å². The van der Waals surface area contributed by atoms with Crippen LogP contribution in [0.5, 0.6) is 0 Å². The van der Waals surface area contributed by atoms with E-state index in [9.17, 15) is 22.9 Å². The molecule has 0 saturated carbocycles. The summed E-state index contributed by atoms with van der Waals surface area (Å²) >= 11 is 0. The Kier molecular flexibility index (Phi) is 3.95. The normalized spacial score (nSPS) is 11.2. The molecule has 0 radical (unpaired) electrons. The number of non-ortho nitro benzene ring substituents is 1. The van der Waals surface area contributed by atoms with Gasteiger partial charge in [0.2, 0.25) is 10.0 Å². The highest BCUT2D eigenvalue weighted by molar-refractivity contribution is 7.89. The van der Waals surface area contributed by atoms with Crippen molar-refractivity contribution in [3.8, 4) is 6.07 Å². The van der Waals surface area contributed by atoms with Gasteiger partial charge in [0, 0.05) is 19.2 Å². The largest absolute Gasteiger partial charge is 0.270 e. The fourth-order valence-electron chi connectivity index (χ4n) is 1.16. The molecule has 0 saturated heterocycles. The molecular formula is C9H8FN3O4S. The van der Waals surface area contributed by atoms with Crippen LogP contribution in [0.15, 0.2) is 23.1 Å². The highest BCUT2D eigenvalue weighted by Crippen LogP contribution is 2.23. The average Bonchev–Trinajstić information content (AvgIpc) is 2.29. The molecule has 0 aliphatic rings. The molecule has 0 aliphatic heterocycles. The lowest BCUT2D eigenvalue weighted by Gasteiger charge is -2.13. The number of nitro groups is 1. The molecule has 0 aliphatic carbocycles. The number of nitrogens with zero attached hydrogens (tertiary/aromatic N) is 3. The van der Waals surface area contributed by atoms with Gasteiger partial charge in [0.15, 0.2) is 0 Å². The summed E-state index contributed by atoms with van der Waals surface area (Å²) in [5.41, 5.74) is -0.541. The van der Waals surface area contributed by atoms with Gasteiger partial charge in [-0.1, -0.05) is 0 Å². The zero-order chi connectivity index (χ0) is 13.9. The summed E-state index contributed by atoms with van der Waals surface area (Å²) in [5, 5.41) is 18.9. The number of rotatable bonds is 4. The van der Waals surface area contributed by atoms with Crippen molar-refractivity contribution in [2.45, 2.75) is 4.90 Å². The van der Waals surface area contributed by atoms with Crippen LogP contribution in [0, 0.1) is 27.3 Å². The topological polar surface area (TPSA) is 104 Å². The zero-order valence-electron chi connectivity index (χ0n) is 9.20. The Labute approximate surface area is 102 Å². The van der Waals surface area contributed by atoms with E-state index in [1.165, 1.54) is 0 Å². The minimum absolute atomic E-state index is 0.482. The van der Waals surface area contributed by atoms with Gasteiger partial charge in [-0.25, -0.2) is 12.8 Å². The van der Waals surface area contributed by atoms with Crippen molar-refractivity contribution >= 4 is 15.7 Å². The van der Waals surface area contributed by atoms with Crippen LogP contribution in [0.25, 0.3) is 0 Å². The summed E-state index contributed by atoms with van der Waals surface area (Å²) in [7, 11) is -3.18. The maximum absolute atomic E-state index is 13.4. The fourth-order valence-corrected chi connectivity index (χ4v) is 2.30. The number of nitro benzene ring substituents is 1. The Morgan fingerprint density at radius 2 is 2.17 bits per heavy atom. The smallest absolute Gasteiger partial charge is 0.258 e. The molecule has 18 heavy (non-hydrogen) atoms. The van der Waals surface area contributed by atoms with Gasteiger partial charge in [-0.15, -0.1) is 0 Å². The molecule has 1 aromatic carbocycles. The van der Waals surface area contributed by atoms with Gasteiger partial charge in [-0.3, -0.25) is 10.1 Å². The van der Waals surface area contributed by atoms with Crippen LogP contribution in [0.2, 0.25) is 0 Å². The Morgan fingerprint density at radius 1 is 1.56 bits per heavy atom. The van der Waals surface area contributed by atoms with E-state index in [4.69, 9.17) is 5.26 Å². The third-order valence-corrected chi connectivity index (χ3v) is 3.93. The van der Waals surface area contributed by atoms with Gasteiger partial charge in [-0.2, -0.15) is 9.57 Å². The molecule has 96 valence electrons. The summed E-state index contributed by atoms with van der Waals surface area (Å²) in [6.07, 6.45) is 0. The molecular weight excluding hydrogens is 265 g/mol. The van der Waals surface area contributed by atoms with Crippen molar-refractivity contribution in [3.63, 3.8) is 0 Å². The Morgan fingerprint density at radius 3 is 2.67 bits per heavy atom. The lowest BCUT2D eigenvalue weighted by Crippen LogP contribution is -2.28. The van der Waals surface area contributed by atoms with E-state index >= 15 is 0 Å². The van der Waals surface area contributed by atoms with Gasteiger partial charge in [0.25, 0.3) is 5.69 Å². The van der Waals surface area contributed by atoms with E-state index in [-0.39, 0.29) is 0 Å². The lowest BCUT2D eigenvalue weighted by molar-refractivity contribution is -0.385. The zero-order valence-corrected chi connectivity index (χ0v) is 10.0. The van der Waals surface area contributed by atoms with Crippen LogP contribution in [-0.2, 0) is 10.0 Å². The molecule has 0 unspecified atom stereocenters. The first-order chi connectivity index (χ1) is 8.30. The standard InChI is InChI=1S/C9H8FN3O4S/c1-12(5-4-11)18(16,17)9-6-7(13(14)15)2-3-8(9)10/h2-3,6H,5H2,1H3. The third kappa shape index (κ3) is 2.61. The molecule has 0 amide bonds. The van der Waals surface area contributed by atoms with E-state index in [0.717, 1.165) is 13.1 Å². The number of halogens is 1. The van der Waals surface area contributed by atoms with Crippen molar-refractivity contribution in [2.75, 3.05) is 13.6 Å². The molecule has 0 bridgehead atoms. The van der Waals surface area contributed by atoms with E-state index in [2.05, 4.69) is 0 Å². The molecule has 1 rings (SSSR count). The van der Waals surface area contributed by atoms with Crippen molar-refractivity contribution in [1.29, 1.82) is 5.26 Å². The molecule has 0 fully saturated rings. The number of sulfonamides is 1. The highest BCUT2D eigenvalue weighted by Gasteiger charge is 2.26. The minimum atomic E-state index is -4.26. The summed E-state index contributed by atoms with van der Waals surface area (Å²) in [4.78, 5) is 8.85. The third-order valence-electron chi connectivity index (χ3n) is 2.11.